The fraction of sp³-hybridized carbons (Fsp3) is 0.156. The maximum atomic E-state index is 4.63. The molecular weight excluding hydrogens is 617 g/mol. The molecule has 0 aliphatic heterocycles. The molecule has 0 bridgehead atoms. The second kappa shape index (κ2) is 14.5. The Morgan fingerprint density at radius 3 is 2.08 bits per heavy atom. The number of halogens is 2. The second-order valence-electron chi connectivity index (χ2n) is 10.4. The van der Waals surface area contributed by atoms with E-state index in [2.05, 4.69) is 135 Å². The number of hydrogen-bond acceptors (Lipinski definition) is 1. The molecule has 6 heteroatoms. The third-order valence-electron chi connectivity index (χ3n) is 6.07. The van der Waals surface area contributed by atoms with E-state index in [9.17, 15) is 0 Å². The largest absolute Gasteiger partial charge is 1.00 e. The van der Waals surface area contributed by atoms with Gasteiger partial charge in [-0.3, -0.25) is 4.98 Å². The van der Waals surface area contributed by atoms with E-state index in [1.54, 1.807) is 23.3 Å². The first-order chi connectivity index (χ1) is 17.2. The van der Waals surface area contributed by atoms with Crippen molar-refractivity contribution in [3.8, 4) is 11.1 Å². The van der Waals surface area contributed by atoms with Crippen molar-refractivity contribution in [2.24, 2.45) is 0 Å². The van der Waals surface area contributed by atoms with Crippen LogP contribution in [0.2, 0.25) is 32.7 Å². The number of fused-ring (bicyclic) bond motifs is 3. The fourth-order valence-corrected chi connectivity index (χ4v) is 5.37. The van der Waals surface area contributed by atoms with Crippen LogP contribution in [0.5, 0.6) is 0 Å². The molecule has 0 radical (unpaired) electrons. The number of pyridine rings is 1. The molecule has 0 amide bonds. The molecule has 0 saturated heterocycles. The van der Waals surface area contributed by atoms with Crippen LogP contribution in [0.1, 0.15) is 0 Å². The van der Waals surface area contributed by atoms with Gasteiger partial charge >= 0.3 is 41.9 Å². The van der Waals surface area contributed by atoms with Crippen LogP contribution in [-0.4, -0.2) is 18.5 Å². The summed E-state index contributed by atoms with van der Waals surface area (Å²) in [7, 11) is -1.30. The van der Waals surface area contributed by atoms with Crippen LogP contribution in [0, 0.1) is 0 Å². The molecule has 0 aliphatic rings. The van der Waals surface area contributed by atoms with Gasteiger partial charge in [0.25, 0.3) is 0 Å². The summed E-state index contributed by atoms with van der Waals surface area (Å²) in [6, 6.07) is 36.6. The Balaban J connectivity index is 0.000000282. The fourth-order valence-electron chi connectivity index (χ4n) is 4.21. The molecule has 0 saturated carbocycles. The summed E-state index contributed by atoms with van der Waals surface area (Å²) >= 11 is 1.74. The third-order valence-corrected chi connectivity index (χ3v) is 8.09. The van der Waals surface area contributed by atoms with Crippen molar-refractivity contribution in [1.29, 1.82) is 0 Å². The van der Waals surface area contributed by atoms with E-state index in [1.807, 2.05) is 12.3 Å². The Kier molecular flexibility index (Phi) is 12.4. The normalized spacial score (nSPS) is 10.5. The van der Waals surface area contributed by atoms with E-state index < -0.39 is 8.07 Å². The first kappa shape index (κ1) is 32.4. The van der Waals surface area contributed by atoms with Crippen molar-refractivity contribution in [2.45, 2.75) is 32.7 Å². The summed E-state index contributed by atoms with van der Waals surface area (Å²) in [5.74, 6) is 0. The molecule has 0 aliphatic carbocycles. The summed E-state index contributed by atoms with van der Waals surface area (Å²) in [5, 5.41) is 8.07. The minimum absolute atomic E-state index is 0. The van der Waals surface area contributed by atoms with Gasteiger partial charge in [0, 0.05) is 11.6 Å². The van der Waals surface area contributed by atoms with Gasteiger partial charge in [-0.05, 0) is 17.7 Å². The first-order valence-electron chi connectivity index (χ1n) is 12.4. The zero-order valence-corrected chi connectivity index (χ0v) is 28.6. The standard InChI is InChI=1S/C21H20NSi.C9H7.C2H6Si.2ClH.Zr/c1-23(2,3)18-12-15-8-6-9-19(20(15)13-18)17-11-16-7-4-5-10-21(16)22-14-17;1-2-5-9-7-3-6-8(9)4-1;1-3-2;;;/h4-14H,1-3H3;1-7H;1-2H3;2*1H;/q2*-1;;;;+2/p-2. The van der Waals surface area contributed by atoms with E-state index in [4.69, 9.17) is 0 Å². The van der Waals surface area contributed by atoms with Gasteiger partial charge in [0.2, 0.25) is 0 Å². The molecule has 1 nitrogen and oxygen atoms in total. The number of hydrogen-bond donors (Lipinski definition) is 0. The molecule has 6 rings (SSSR count). The van der Waals surface area contributed by atoms with Crippen LogP contribution < -0.4 is 30.0 Å². The third kappa shape index (κ3) is 8.34. The van der Waals surface area contributed by atoms with Crippen LogP contribution >= 0.6 is 0 Å². The molecule has 6 aromatic rings. The minimum Gasteiger partial charge on any atom is -1.00 e. The van der Waals surface area contributed by atoms with Crippen molar-refractivity contribution in [2.75, 3.05) is 0 Å². The number of aromatic nitrogens is 1. The van der Waals surface area contributed by atoms with Crippen LogP contribution in [0.3, 0.4) is 0 Å². The Hall–Kier alpha value is -1.81. The molecule has 0 atom stereocenters. The van der Waals surface area contributed by atoms with E-state index in [-0.39, 0.29) is 30.2 Å². The monoisotopic (exact) mass is 647 g/mol. The summed E-state index contributed by atoms with van der Waals surface area (Å²) in [4.78, 5) is 4.63. The van der Waals surface area contributed by atoms with Crippen molar-refractivity contribution in [1.82, 2.24) is 4.98 Å². The Morgan fingerprint density at radius 1 is 0.763 bits per heavy atom. The van der Waals surface area contributed by atoms with E-state index in [0.717, 1.165) is 5.52 Å². The summed E-state index contributed by atoms with van der Waals surface area (Å²) in [6.45, 7) is 11.8. The van der Waals surface area contributed by atoms with Gasteiger partial charge in [0.15, 0.2) is 0 Å². The smallest absolute Gasteiger partial charge is 0.0809 e. The molecule has 0 N–H and O–H groups in total. The Bertz CT molecular complexity index is 1600. The Morgan fingerprint density at radius 2 is 1.39 bits per heavy atom. The van der Waals surface area contributed by atoms with Gasteiger partial charge in [-0.15, -0.1) is 63.8 Å². The molecule has 1 heterocycles. The summed E-state index contributed by atoms with van der Waals surface area (Å²) in [5.41, 5.74) is 3.74. The van der Waals surface area contributed by atoms with Crippen molar-refractivity contribution in [3.63, 3.8) is 0 Å². The maximum Gasteiger partial charge on any atom is -0.0809 e. The average Bonchev–Trinajstić information content (AvgIpc) is 3.51. The number of benzene rings is 3. The molecule has 38 heavy (non-hydrogen) atoms. The van der Waals surface area contributed by atoms with Crippen molar-refractivity contribution < 1.29 is 48.1 Å². The zero-order chi connectivity index (χ0) is 25.7. The summed E-state index contributed by atoms with van der Waals surface area (Å²) in [6.07, 6.45) is 2.00. The average molecular weight is 650 g/mol. The number of nitrogens with zero attached hydrogens (tertiary/aromatic N) is 1. The van der Waals surface area contributed by atoms with Crippen LogP contribution in [0.4, 0.5) is 0 Å². The number of rotatable bonds is 2. The van der Waals surface area contributed by atoms with Crippen molar-refractivity contribution in [3.05, 3.63) is 109 Å². The minimum atomic E-state index is -1.30. The van der Waals surface area contributed by atoms with Gasteiger partial charge < -0.3 is 24.8 Å². The molecular formula is C32H33Cl2NSi2Zr-2. The summed E-state index contributed by atoms with van der Waals surface area (Å²) < 4.78 is 0. The Labute approximate surface area is 255 Å². The molecule has 0 spiro atoms. The van der Waals surface area contributed by atoms with Gasteiger partial charge in [-0.25, -0.2) is 0 Å². The topological polar surface area (TPSA) is 12.9 Å². The van der Waals surface area contributed by atoms with Crippen LogP contribution in [0.15, 0.2) is 109 Å². The molecule has 5 aromatic carbocycles. The van der Waals surface area contributed by atoms with Gasteiger partial charge in [0.1, 0.15) is 0 Å². The van der Waals surface area contributed by atoms with E-state index in [1.165, 1.54) is 43.2 Å². The van der Waals surface area contributed by atoms with Gasteiger partial charge in [-0.1, -0.05) is 55.5 Å². The molecule has 0 unspecified atom stereocenters. The van der Waals surface area contributed by atoms with Crippen LogP contribution in [0.25, 0.3) is 43.6 Å². The number of para-hydroxylation sites is 1. The predicted molar refractivity (Wildman–Crippen MR) is 160 cm³/mol. The zero-order valence-electron chi connectivity index (χ0n) is 22.6. The molecule has 1 aromatic heterocycles. The molecule has 0 fully saturated rings. The quantitative estimate of drug-likeness (QED) is 0.208. The first-order valence-corrected chi connectivity index (χ1v) is 22.1. The van der Waals surface area contributed by atoms with Gasteiger partial charge in [-0.2, -0.15) is 23.6 Å². The predicted octanol–water partition coefficient (Wildman–Crippen LogP) is 2.67. The van der Waals surface area contributed by atoms with E-state index in [0.29, 0.717) is 0 Å². The maximum absolute atomic E-state index is 4.63. The van der Waals surface area contributed by atoms with Crippen LogP contribution in [-0.2, 0) is 23.3 Å². The van der Waals surface area contributed by atoms with Gasteiger partial charge in [0.05, 0.1) is 13.6 Å². The second-order valence-corrected chi connectivity index (χ2v) is 24.8. The molecule has 194 valence electrons. The SMILES string of the molecule is C[Si](C)(C)c1cc2c(-c3cnc4ccccc4c3)cccc2[cH-]1.C[Si](C)=[Zr+2].[Cl-].[Cl-].c1ccc2[cH-]ccc2c1. The van der Waals surface area contributed by atoms with Crippen molar-refractivity contribution >= 4 is 51.1 Å². The van der Waals surface area contributed by atoms with E-state index >= 15 is 0 Å².